The molecule has 1 heterocycles. The van der Waals surface area contributed by atoms with Gasteiger partial charge in [0.15, 0.2) is 0 Å². The Labute approximate surface area is 179 Å². The summed E-state index contributed by atoms with van der Waals surface area (Å²) < 4.78 is 22.7. The number of nitrogens with zero attached hydrogens (tertiary/aromatic N) is 2. The molecule has 0 spiro atoms. The van der Waals surface area contributed by atoms with Crippen LogP contribution in [-0.4, -0.2) is 35.0 Å². The summed E-state index contributed by atoms with van der Waals surface area (Å²) in [6, 6.07) is 13.5. The van der Waals surface area contributed by atoms with Gasteiger partial charge in [-0.1, -0.05) is 19.1 Å². The molecule has 1 aromatic heterocycles. The van der Waals surface area contributed by atoms with Gasteiger partial charge in [-0.05, 0) is 54.8 Å². The quantitative estimate of drug-likeness (QED) is 0.504. The lowest BCUT2D eigenvalue weighted by Crippen LogP contribution is -2.35. The first-order chi connectivity index (χ1) is 14.6. The highest BCUT2D eigenvalue weighted by Gasteiger charge is 2.13. The van der Waals surface area contributed by atoms with Crippen LogP contribution < -0.4 is 15.4 Å². The minimum absolute atomic E-state index is 0.0480. The third kappa shape index (κ3) is 6.25. The van der Waals surface area contributed by atoms with Gasteiger partial charge in [0, 0.05) is 36.1 Å². The van der Waals surface area contributed by atoms with E-state index in [9.17, 15) is 9.18 Å². The lowest BCUT2D eigenvalue weighted by Gasteiger charge is -2.17. The molecule has 1 atom stereocenters. The molecule has 3 aromatic rings. The Morgan fingerprint density at radius 1 is 1.23 bits per heavy atom. The van der Waals surface area contributed by atoms with Gasteiger partial charge >= 0.3 is 0 Å². The minimum Gasteiger partial charge on any atom is -0.497 e. The van der Waals surface area contributed by atoms with Crippen molar-refractivity contribution in [1.82, 2.24) is 14.7 Å². The summed E-state index contributed by atoms with van der Waals surface area (Å²) in [5.74, 6) is 1.02. The Hall–Kier alpha value is -3.00. The highest BCUT2D eigenvalue weighted by molar-refractivity contribution is 7.09. The number of methoxy groups -OCH3 is 1. The van der Waals surface area contributed by atoms with Gasteiger partial charge in [0.05, 0.1) is 7.11 Å². The number of carbonyl (C=O) groups excluding carboxylic acids is 1. The van der Waals surface area contributed by atoms with Crippen molar-refractivity contribution in [3.05, 3.63) is 71.3 Å². The monoisotopic (exact) mass is 428 g/mol. The second kappa shape index (κ2) is 10.7. The van der Waals surface area contributed by atoms with Crippen LogP contribution in [0.5, 0.6) is 5.75 Å². The zero-order valence-corrected chi connectivity index (χ0v) is 17.8. The van der Waals surface area contributed by atoms with E-state index in [2.05, 4.69) is 20.0 Å². The number of hydrogen-bond acceptors (Lipinski definition) is 6. The number of carbonyl (C=O) groups is 1. The summed E-state index contributed by atoms with van der Waals surface area (Å²) in [6.07, 6.45) is 2.08. The minimum atomic E-state index is -0.261. The van der Waals surface area contributed by atoms with Gasteiger partial charge < -0.3 is 15.4 Å². The Morgan fingerprint density at radius 3 is 2.73 bits per heavy atom. The van der Waals surface area contributed by atoms with Gasteiger partial charge in [-0.2, -0.15) is 4.37 Å². The SMILES string of the molecule is CCC(CCNc1nc(Cc2cccc(F)c2)ns1)NC(=O)c1ccc(OC)cc1. The fourth-order valence-corrected chi connectivity index (χ4v) is 3.58. The van der Waals surface area contributed by atoms with E-state index >= 15 is 0 Å². The molecule has 30 heavy (non-hydrogen) atoms. The largest absolute Gasteiger partial charge is 0.497 e. The van der Waals surface area contributed by atoms with E-state index in [1.165, 1.54) is 23.7 Å². The van der Waals surface area contributed by atoms with Crippen LogP contribution in [0.15, 0.2) is 48.5 Å². The number of hydrogen-bond donors (Lipinski definition) is 2. The maximum atomic E-state index is 13.3. The first kappa shape index (κ1) is 21.7. The Morgan fingerprint density at radius 2 is 2.03 bits per heavy atom. The molecule has 0 radical (unpaired) electrons. The number of halogens is 1. The van der Waals surface area contributed by atoms with Crippen LogP contribution in [0.1, 0.15) is 41.5 Å². The molecule has 158 valence electrons. The summed E-state index contributed by atoms with van der Waals surface area (Å²) in [6.45, 7) is 2.71. The molecule has 3 rings (SSSR count). The fourth-order valence-electron chi connectivity index (χ4n) is 2.97. The maximum Gasteiger partial charge on any atom is 0.251 e. The summed E-state index contributed by atoms with van der Waals surface area (Å²) >= 11 is 1.28. The fraction of sp³-hybridized carbons (Fsp3) is 0.318. The summed E-state index contributed by atoms with van der Waals surface area (Å²) in [7, 11) is 1.59. The second-order valence-electron chi connectivity index (χ2n) is 6.85. The van der Waals surface area contributed by atoms with Crippen molar-refractivity contribution >= 4 is 22.6 Å². The van der Waals surface area contributed by atoms with E-state index in [4.69, 9.17) is 4.74 Å². The molecular formula is C22H25FN4O2S. The summed E-state index contributed by atoms with van der Waals surface area (Å²) in [5.41, 5.74) is 1.44. The first-order valence-corrected chi connectivity index (χ1v) is 10.6. The van der Waals surface area contributed by atoms with Gasteiger partial charge in [-0.3, -0.25) is 4.79 Å². The predicted octanol–water partition coefficient (Wildman–Crippen LogP) is 4.29. The molecule has 0 fully saturated rings. The van der Waals surface area contributed by atoms with E-state index in [1.54, 1.807) is 37.4 Å². The van der Waals surface area contributed by atoms with Gasteiger partial charge in [0.2, 0.25) is 5.13 Å². The number of amides is 1. The molecule has 0 aliphatic heterocycles. The van der Waals surface area contributed by atoms with E-state index in [1.807, 2.05) is 13.0 Å². The van der Waals surface area contributed by atoms with Crippen LogP contribution in [-0.2, 0) is 6.42 Å². The molecule has 1 unspecified atom stereocenters. The predicted molar refractivity (Wildman–Crippen MR) is 117 cm³/mol. The van der Waals surface area contributed by atoms with Crippen molar-refractivity contribution in [2.24, 2.45) is 0 Å². The zero-order valence-electron chi connectivity index (χ0n) is 17.0. The maximum absolute atomic E-state index is 13.3. The first-order valence-electron chi connectivity index (χ1n) is 9.83. The third-order valence-corrected chi connectivity index (χ3v) is 5.38. The standard InChI is InChI=1S/C22H25FN4O2S/c1-3-18(25-21(28)16-7-9-19(29-2)10-8-16)11-12-24-22-26-20(27-30-22)14-15-5-4-6-17(23)13-15/h4-10,13,18H,3,11-12,14H2,1-2H3,(H,25,28)(H,24,26,27). The van der Waals surface area contributed by atoms with E-state index < -0.39 is 0 Å². The highest BCUT2D eigenvalue weighted by Crippen LogP contribution is 2.16. The molecule has 2 N–H and O–H groups in total. The molecule has 0 aliphatic carbocycles. The normalized spacial score (nSPS) is 11.7. The average molecular weight is 429 g/mol. The van der Waals surface area contributed by atoms with Crippen molar-refractivity contribution in [3.63, 3.8) is 0 Å². The van der Waals surface area contributed by atoms with Crippen LogP contribution >= 0.6 is 11.5 Å². The van der Waals surface area contributed by atoms with Gasteiger partial charge in [0.1, 0.15) is 17.4 Å². The molecular weight excluding hydrogens is 403 g/mol. The molecule has 6 nitrogen and oxygen atoms in total. The smallest absolute Gasteiger partial charge is 0.251 e. The Bertz CT molecular complexity index is 962. The number of benzene rings is 2. The van der Waals surface area contributed by atoms with Crippen molar-refractivity contribution in [2.75, 3.05) is 19.0 Å². The lowest BCUT2D eigenvalue weighted by atomic mass is 10.1. The lowest BCUT2D eigenvalue weighted by molar-refractivity contribution is 0.0934. The molecule has 0 saturated carbocycles. The van der Waals surface area contributed by atoms with Crippen LogP contribution in [0.2, 0.25) is 0 Å². The van der Waals surface area contributed by atoms with Crippen LogP contribution in [0, 0.1) is 5.82 Å². The number of aromatic nitrogens is 2. The van der Waals surface area contributed by atoms with Crippen molar-refractivity contribution in [1.29, 1.82) is 0 Å². The topological polar surface area (TPSA) is 76.1 Å². The van der Waals surface area contributed by atoms with Gasteiger partial charge in [-0.25, -0.2) is 9.37 Å². The number of anilines is 1. The number of nitrogens with one attached hydrogen (secondary N) is 2. The zero-order chi connectivity index (χ0) is 21.3. The van der Waals surface area contributed by atoms with Gasteiger partial charge in [-0.15, -0.1) is 0 Å². The average Bonchev–Trinajstić information content (AvgIpc) is 3.20. The van der Waals surface area contributed by atoms with Crippen LogP contribution in [0.3, 0.4) is 0 Å². The van der Waals surface area contributed by atoms with Gasteiger partial charge in [0.25, 0.3) is 5.91 Å². The number of rotatable bonds is 10. The number of ether oxygens (including phenoxy) is 1. The summed E-state index contributed by atoms with van der Waals surface area (Å²) in [4.78, 5) is 16.9. The second-order valence-corrected chi connectivity index (χ2v) is 7.60. The highest BCUT2D eigenvalue weighted by atomic mass is 32.1. The van der Waals surface area contributed by atoms with Crippen LogP contribution in [0.25, 0.3) is 0 Å². The van der Waals surface area contributed by atoms with E-state index in [0.717, 1.165) is 29.3 Å². The molecule has 0 saturated heterocycles. The van der Waals surface area contributed by atoms with Crippen LogP contribution in [0.4, 0.5) is 9.52 Å². The van der Waals surface area contributed by atoms with Crippen molar-refractivity contribution in [2.45, 2.75) is 32.2 Å². The molecule has 0 bridgehead atoms. The molecule has 2 aromatic carbocycles. The Balaban J connectivity index is 1.46. The molecule has 1 amide bonds. The third-order valence-electron chi connectivity index (χ3n) is 4.67. The van der Waals surface area contributed by atoms with Crippen molar-refractivity contribution in [3.8, 4) is 5.75 Å². The van der Waals surface area contributed by atoms with E-state index in [0.29, 0.717) is 24.4 Å². The molecule has 8 heteroatoms. The molecule has 0 aliphatic rings. The summed E-state index contributed by atoms with van der Waals surface area (Å²) in [5, 5.41) is 7.04. The van der Waals surface area contributed by atoms with Crippen molar-refractivity contribution < 1.29 is 13.9 Å². The Kier molecular flexibility index (Phi) is 7.73. The van der Waals surface area contributed by atoms with E-state index in [-0.39, 0.29) is 17.8 Å².